The van der Waals surface area contributed by atoms with Crippen molar-refractivity contribution in [2.24, 2.45) is 5.92 Å². The van der Waals surface area contributed by atoms with E-state index in [0.29, 0.717) is 23.6 Å². The highest BCUT2D eigenvalue weighted by molar-refractivity contribution is 6.44. The molecule has 5 nitrogen and oxygen atoms in total. The van der Waals surface area contributed by atoms with E-state index in [2.05, 4.69) is 4.98 Å². The van der Waals surface area contributed by atoms with E-state index in [9.17, 15) is 14.4 Å². The van der Waals surface area contributed by atoms with Crippen LogP contribution in [0.25, 0.3) is 10.9 Å². The fourth-order valence-corrected chi connectivity index (χ4v) is 4.95. The Balaban J connectivity index is 1.51. The van der Waals surface area contributed by atoms with Crippen molar-refractivity contribution in [1.29, 1.82) is 0 Å². The summed E-state index contributed by atoms with van der Waals surface area (Å²) < 4.78 is 0. The number of carbonyl (C=O) groups is 3. The molecule has 0 aliphatic carbocycles. The summed E-state index contributed by atoms with van der Waals surface area (Å²) in [7, 11) is 0. The van der Waals surface area contributed by atoms with Crippen molar-refractivity contribution in [3.63, 3.8) is 0 Å². The Hall–Kier alpha value is -3.70. The van der Waals surface area contributed by atoms with Gasteiger partial charge >= 0.3 is 0 Å². The minimum absolute atomic E-state index is 0.324. The minimum Gasteiger partial charge on any atom is -0.361 e. The molecule has 2 unspecified atom stereocenters. The third-order valence-electron chi connectivity index (χ3n) is 6.51. The summed E-state index contributed by atoms with van der Waals surface area (Å²) in [4.78, 5) is 44.7. The van der Waals surface area contributed by atoms with Crippen LogP contribution in [0.3, 0.4) is 0 Å². The van der Waals surface area contributed by atoms with Crippen molar-refractivity contribution >= 4 is 40.0 Å². The Kier molecular flexibility index (Phi) is 5.80. The van der Waals surface area contributed by atoms with Crippen LogP contribution in [0.5, 0.6) is 0 Å². The second-order valence-corrected chi connectivity index (χ2v) is 9.12. The number of nitrogens with one attached hydrogen (secondary N) is 1. The molecule has 1 aliphatic heterocycles. The number of aryl methyl sites for hydroxylation is 1. The molecule has 0 radical (unpaired) electrons. The summed E-state index contributed by atoms with van der Waals surface area (Å²) in [6.07, 6.45) is 2.49. The summed E-state index contributed by atoms with van der Waals surface area (Å²) in [6, 6.07) is 21.5. The van der Waals surface area contributed by atoms with Gasteiger partial charge in [-0.1, -0.05) is 71.8 Å². The number of likely N-dealkylation sites (tertiary alicyclic amines) is 1. The molecular formula is C28H23ClN2O3. The van der Waals surface area contributed by atoms with Crippen molar-refractivity contribution in [3.8, 4) is 0 Å². The number of aromatic nitrogens is 1. The molecule has 0 spiro atoms. The average Bonchev–Trinajstić information content (AvgIpc) is 3.36. The third kappa shape index (κ3) is 3.93. The number of hydrogen-bond donors (Lipinski definition) is 1. The second kappa shape index (κ2) is 8.92. The minimum atomic E-state index is -1.11. The van der Waals surface area contributed by atoms with Gasteiger partial charge < -0.3 is 9.88 Å². The number of benzene rings is 3. The van der Waals surface area contributed by atoms with Crippen LogP contribution in [0.1, 0.15) is 33.1 Å². The van der Waals surface area contributed by atoms with Gasteiger partial charge in [0.2, 0.25) is 5.78 Å². The highest BCUT2D eigenvalue weighted by Gasteiger charge is 2.51. The Morgan fingerprint density at radius 2 is 1.76 bits per heavy atom. The lowest BCUT2D eigenvalue weighted by Crippen LogP contribution is -2.32. The smallest absolute Gasteiger partial charge is 0.291 e. The van der Waals surface area contributed by atoms with E-state index in [1.807, 2.05) is 61.7 Å². The van der Waals surface area contributed by atoms with Crippen LogP contribution in [0, 0.1) is 12.8 Å². The number of ketones is 2. The van der Waals surface area contributed by atoms with E-state index >= 15 is 0 Å². The summed E-state index contributed by atoms with van der Waals surface area (Å²) in [6.45, 7) is 2.29. The zero-order valence-corrected chi connectivity index (χ0v) is 19.4. The maximum absolute atomic E-state index is 13.5. The van der Waals surface area contributed by atoms with Gasteiger partial charge in [-0.3, -0.25) is 14.4 Å². The number of rotatable bonds is 6. The number of hydrogen-bond acceptors (Lipinski definition) is 3. The first kappa shape index (κ1) is 22.1. The maximum Gasteiger partial charge on any atom is 0.291 e. The molecule has 1 aromatic heterocycles. The number of amides is 1. The van der Waals surface area contributed by atoms with Crippen LogP contribution >= 0.6 is 11.6 Å². The largest absolute Gasteiger partial charge is 0.361 e. The molecule has 3 aromatic carbocycles. The normalized spacial score (nSPS) is 18.1. The maximum atomic E-state index is 13.5. The monoisotopic (exact) mass is 470 g/mol. The van der Waals surface area contributed by atoms with Crippen molar-refractivity contribution in [2.45, 2.75) is 19.4 Å². The Morgan fingerprint density at radius 3 is 2.53 bits per heavy atom. The number of aromatic amines is 1. The van der Waals surface area contributed by atoms with E-state index in [1.54, 1.807) is 29.2 Å². The zero-order chi connectivity index (χ0) is 23.8. The molecule has 34 heavy (non-hydrogen) atoms. The van der Waals surface area contributed by atoms with E-state index in [4.69, 9.17) is 11.6 Å². The van der Waals surface area contributed by atoms with Gasteiger partial charge in [0.15, 0.2) is 5.78 Å². The lowest BCUT2D eigenvalue weighted by Gasteiger charge is -2.27. The van der Waals surface area contributed by atoms with Crippen LogP contribution in [0.4, 0.5) is 0 Å². The highest BCUT2D eigenvalue weighted by atomic mass is 35.5. The van der Waals surface area contributed by atoms with Crippen molar-refractivity contribution in [1.82, 2.24) is 9.88 Å². The molecule has 2 heterocycles. The molecule has 6 heteroatoms. The van der Waals surface area contributed by atoms with Crippen molar-refractivity contribution in [2.75, 3.05) is 6.54 Å². The number of nitrogens with zero attached hydrogens (tertiary/aromatic N) is 1. The second-order valence-electron chi connectivity index (χ2n) is 8.68. The van der Waals surface area contributed by atoms with E-state index in [1.165, 1.54) is 0 Å². The van der Waals surface area contributed by atoms with E-state index in [-0.39, 0.29) is 5.78 Å². The molecule has 170 valence electrons. The summed E-state index contributed by atoms with van der Waals surface area (Å²) in [5.74, 6) is -2.79. The van der Waals surface area contributed by atoms with Crippen LogP contribution < -0.4 is 0 Å². The Labute approximate surface area is 202 Å². The van der Waals surface area contributed by atoms with Gasteiger partial charge in [-0.2, -0.15) is 0 Å². The molecule has 5 rings (SSSR count). The molecule has 4 aromatic rings. The Morgan fingerprint density at radius 1 is 1.00 bits per heavy atom. The molecule has 1 N–H and O–H groups in total. The SMILES string of the molecule is Cc1ccc(C2C(C(=O)c3cccc(Cl)c3)C(=O)C(=O)N2CCc2c[nH]c3ccccc23)cc1. The third-order valence-corrected chi connectivity index (χ3v) is 6.75. The van der Waals surface area contributed by atoms with Crippen LogP contribution in [-0.2, 0) is 16.0 Å². The first-order chi connectivity index (χ1) is 16.4. The van der Waals surface area contributed by atoms with Crippen LogP contribution in [0.15, 0.2) is 79.0 Å². The topological polar surface area (TPSA) is 70.2 Å². The predicted molar refractivity (Wildman–Crippen MR) is 132 cm³/mol. The molecule has 1 fully saturated rings. The quantitative estimate of drug-likeness (QED) is 0.235. The van der Waals surface area contributed by atoms with Crippen LogP contribution in [0.2, 0.25) is 5.02 Å². The lowest BCUT2D eigenvalue weighted by atomic mass is 9.86. The first-order valence-corrected chi connectivity index (χ1v) is 11.6. The number of carbonyl (C=O) groups excluding carboxylic acids is 3. The number of halogens is 1. The highest BCUT2D eigenvalue weighted by Crippen LogP contribution is 2.38. The molecule has 1 saturated heterocycles. The van der Waals surface area contributed by atoms with Gasteiger partial charge in [-0.15, -0.1) is 0 Å². The molecule has 0 bridgehead atoms. The van der Waals surface area contributed by atoms with Crippen molar-refractivity contribution < 1.29 is 14.4 Å². The number of Topliss-reactive ketones (excluding diaryl/α,β-unsaturated/α-hetero) is 2. The van der Waals surface area contributed by atoms with E-state index < -0.39 is 23.7 Å². The number of H-pyrrole nitrogens is 1. The van der Waals surface area contributed by atoms with Gasteiger partial charge in [0.25, 0.3) is 5.91 Å². The van der Waals surface area contributed by atoms with Gasteiger partial charge in [-0.05, 0) is 42.7 Å². The van der Waals surface area contributed by atoms with Gasteiger partial charge in [-0.25, -0.2) is 0 Å². The predicted octanol–water partition coefficient (Wildman–Crippen LogP) is 5.32. The summed E-state index contributed by atoms with van der Waals surface area (Å²) in [5.41, 5.74) is 4.23. The summed E-state index contributed by atoms with van der Waals surface area (Å²) >= 11 is 6.10. The van der Waals surface area contributed by atoms with Gasteiger partial charge in [0.05, 0.1) is 6.04 Å². The van der Waals surface area contributed by atoms with Crippen LogP contribution in [-0.4, -0.2) is 33.9 Å². The zero-order valence-electron chi connectivity index (χ0n) is 18.6. The first-order valence-electron chi connectivity index (χ1n) is 11.2. The Bertz CT molecular complexity index is 1410. The average molecular weight is 471 g/mol. The fraction of sp³-hybridized carbons (Fsp3) is 0.179. The van der Waals surface area contributed by atoms with Gasteiger partial charge in [0.1, 0.15) is 5.92 Å². The number of fused-ring (bicyclic) bond motifs is 1. The molecule has 1 aliphatic rings. The van der Waals surface area contributed by atoms with E-state index in [0.717, 1.165) is 27.6 Å². The molecular weight excluding hydrogens is 448 g/mol. The number of para-hydroxylation sites is 1. The molecule has 1 amide bonds. The standard InChI is InChI=1S/C28H23ClN2O3/c1-17-9-11-18(12-10-17)25-24(26(32)19-5-4-6-21(29)15-19)27(33)28(34)31(25)14-13-20-16-30-23-8-3-2-7-22(20)23/h2-12,15-16,24-25,30H,13-14H2,1H3. The van der Waals surface area contributed by atoms with Crippen molar-refractivity contribution in [3.05, 3.63) is 106 Å². The summed E-state index contributed by atoms with van der Waals surface area (Å²) in [5, 5.41) is 1.49. The fourth-order valence-electron chi connectivity index (χ4n) is 4.76. The van der Waals surface area contributed by atoms with Gasteiger partial charge in [0, 0.05) is 34.2 Å². The lowest BCUT2D eigenvalue weighted by molar-refractivity contribution is -0.140. The molecule has 2 atom stereocenters. The molecule has 0 saturated carbocycles.